The number of amides is 2. The van der Waals surface area contributed by atoms with Gasteiger partial charge < -0.3 is 15.0 Å². The van der Waals surface area contributed by atoms with Crippen LogP contribution in [0.5, 0.6) is 0 Å². The predicted molar refractivity (Wildman–Crippen MR) is 97.2 cm³/mol. The number of nitrogens with one attached hydrogen (secondary N) is 1. The van der Waals surface area contributed by atoms with E-state index in [0.717, 1.165) is 5.56 Å². The lowest BCUT2D eigenvalue weighted by Crippen LogP contribution is -2.76. The Kier molecular flexibility index (Phi) is 4.18. The summed E-state index contributed by atoms with van der Waals surface area (Å²) in [5.41, 5.74) is 0.326. The Hall–Kier alpha value is -3.15. The van der Waals surface area contributed by atoms with E-state index in [1.54, 1.807) is 12.1 Å². The van der Waals surface area contributed by atoms with Crippen LogP contribution in [0.1, 0.15) is 17.5 Å². The van der Waals surface area contributed by atoms with Gasteiger partial charge in [0.1, 0.15) is 11.6 Å². The van der Waals surface area contributed by atoms with Crippen molar-refractivity contribution in [3.05, 3.63) is 71.8 Å². The molecule has 5 rings (SSSR count). The molecule has 27 heavy (non-hydrogen) atoms. The van der Waals surface area contributed by atoms with Crippen molar-refractivity contribution in [3.8, 4) is 0 Å². The van der Waals surface area contributed by atoms with Gasteiger partial charge in [0.05, 0.1) is 13.0 Å². The number of esters is 1. The summed E-state index contributed by atoms with van der Waals surface area (Å²) in [5.74, 6) is -1.69. The first-order valence-electron chi connectivity index (χ1n) is 8.87. The highest BCUT2D eigenvalue weighted by molar-refractivity contribution is 6.04. The summed E-state index contributed by atoms with van der Waals surface area (Å²) in [4.78, 5) is 40.3. The van der Waals surface area contributed by atoms with E-state index in [1.807, 2.05) is 48.5 Å². The number of benzene rings is 2. The number of piperidine rings is 2. The molecule has 1 N–H and O–H groups in total. The molecule has 3 aliphatic rings. The minimum Gasteiger partial charge on any atom is -0.469 e. The number of ether oxygens (including phenoxy) is 1. The molecule has 0 saturated carbocycles. The van der Waals surface area contributed by atoms with Gasteiger partial charge in [0.2, 0.25) is 5.91 Å². The second kappa shape index (κ2) is 6.54. The second-order valence-corrected chi connectivity index (χ2v) is 6.96. The van der Waals surface area contributed by atoms with Crippen LogP contribution in [0.15, 0.2) is 60.7 Å². The Morgan fingerprint density at radius 1 is 1.11 bits per heavy atom. The van der Waals surface area contributed by atoms with Gasteiger partial charge in [0.25, 0.3) is 5.91 Å². The van der Waals surface area contributed by atoms with E-state index in [4.69, 9.17) is 4.74 Å². The molecule has 2 bridgehead atoms. The van der Waals surface area contributed by atoms with Gasteiger partial charge in [-0.05, 0) is 17.5 Å². The fourth-order valence-corrected chi connectivity index (χ4v) is 4.18. The Labute approximate surface area is 157 Å². The van der Waals surface area contributed by atoms with Crippen LogP contribution in [0.3, 0.4) is 0 Å². The predicted octanol–water partition coefficient (Wildman–Crippen LogP) is 1.60. The minimum atomic E-state index is -1.25. The Morgan fingerprint density at radius 2 is 1.74 bits per heavy atom. The molecule has 3 saturated heterocycles. The number of carbonyl (C=O) groups excluding carboxylic acids is 3. The lowest BCUT2D eigenvalue weighted by atomic mass is 9.69. The lowest BCUT2D eigenvalue weighted by molar-refractivity contribution is -0.176. The van der Waals surface area contributed by atoms with Crippen molar-refractivity contribution in [2.75, 3.05) is 7.11 Å². The SMILES string of the molecule is COC(=O)[C@H]1C[C@@]2(c3ccccc3)NC(=O)[C@@H]1N(Cc1ccccc1)C2=O. The highest BCUT2D eigenvalue weighted by Gasteiger charge is 2.62. The number of hydrogen-bond donors (Lipinski definition) is 1. The van der Waals surface area contributed by atoms with Crippen LogP contribution >= 0.6 is 0 Å². The monoisotopic (exact) mass is 364 g/mol. The molecule has 0 unspecified atom stereocenters. The van der Waals surface area contributed by atoms with Crippen molar-refractivity contribution in [1.82, 2.24) is 10.2 Å². The highest BCUT2D eigenvalue weighted by Crippen LogP contribution is 2.44. The largest absolute Gasteiger partial charge is 0.469 e. The van der Waals surface area contributed by atoms with Crippen molar-refractivity contribution in [2.24, 2.45) is 5.92 Å². The van der Waals surface area contributed by atoms with Crippen LogP contribution < -0.4 is 5.32 Å². The molecule has 3 fully saturated rings. The third kappa shape index (κ3) is 2.68. The van der Waals surface area contributed by atoms with Crippen molar-refractivity contribution in [3.63, 3.8) is 0 Å². The average molecular weight is 364 g/mol. The quantitative estimate of drug-likeness (QED) is 0.837. The molecule has 6 heteroatoms. The molecular weight excluding hydrogens is 344 g/mol. The highest BCUT2D eigenvalue weighted by atomic mass is 16.5. The number of methoxy groups -OCH3 is 1. The first-order valence-corrected chi connectivity index (χ1v) is 8.87. The van der Waals surface area contributed by atoms with Crippen molar-refractivity contribution < 1.29 is 19.1 Å². The Balaban J connectivity index is 1.81. The summed E-state index contributed by atoms with van der Waals surface area (Å²) >= 11 is 0. The van der Waals surface area contributed by atoms with Crippen molar-refractivity contribution in [1.29, 1.82) is 0 Å². The second-order valence-electron chi connectivity index (χ2n) is 6.96. The molecule has 3 heterocycles. The van der Waals surface area contributed by atoms with Crippen LogP contribution in [-0.4, -0.2) is 35.8 Å². The molecular formula is C21H20N2O4. The summed E-state index contributed by atoms with van der Waals surface area (Å²) in [5, 5.41) is 2.88. The van der Waals surface area contributed by atoms with E-state index in [9.17, 15) is 14.4 Å². The first-order chi connectivity index (χ1) is 13.1. The van der Waals surface area contributed by atoms with Gasteiger partial charge in [-0.2, -0.15) is 0 Å². The number of hydrogen-bond acceptors (Lipinski definition) is 4. The van der Waals surface area contributed by atoms with Crippen LogP contribution in [0.4, 0.5) is 0 Å². The zero-order valence-corrected chi connectivity index (χ0v) is 14.9. The average Bonchev–Trinajstić information content (AvgIpc) is 2.71. The first kappa shape index (κ1) is 17.3. The fraction of sp³-hybridized carbons (Fsp3) is 0.286. The molecule has 0 radical (unpaired) electrons. The van der Waals surface area contributed by atoms with Gasteiger partial charge in [-0.3, -0.25) is 14.4 Å². The summed E-state index contributed by atoms with van der Waals surface area (Å²) in [6.45, 7) is 0.264. The normalized spacial score (nSPS) is 26.6. The number of piperazine rings is 1. The van der Waals surface area contributed by atoms with Crippen molar-refractivity contribution in [2.45, 2.75) is 24.5 Å². The summed E-state index contributed by atoms with van der Waals surface area (Å²) in [6, 6.07) is 17.7. The molecule has 3 aliphatic heterocycles. The van der Waals surface area contributed by atoms with E-state index in [2.05, 4.69) is 5.32 Å². The van der Waals surface area contributed by atoms with E-state index < -0.39 is 23.5 Å². The van der Waals surface area contributed by atoms with Gasteiger partial charge in [-0.15, -0.1) is 0 Å². The molecule has 2 aromatic carbocycles. The molecule has 138 valence electrons. The van der Waals surface area contributed by atoms with E-state index in [1.165, 1.54) is 12.0 Å². The maximum atomic E-state index is 13.5. The fourth-order valence-electron chi connectivity index (χ4n) is 4.18. The molecule has 2 aromatic rings. The molecule has 0 aromatic heterocycles. The number of nitrogens with zero attached hydrogens (tertiary/aromatic N) is 1. The summed E-state index contributed by atoms with van der Waals surface area (Å²) in [6.07, 6.45) is 0.199. The molecule has 2 amide bonds. The van der Waals surface area contributed by atoms with Crippen LogP contribution in [0.2, 0.25) is 0 Å². The maximum absolute atomic E-state index is 13.5. The lowest BCUT2D eigenvalue weighted by Gasteiger charge is -2.54. The molecule has 6 nitrogen and oxygen atoms in total. The molecule has 0 aliphatic carbocycles. The van der Waals surface area contributed by atoms with Gasteiger partial charge in [-0.1, -0.05) is 60.7 Å². The smallest absolute Gasteiger partial charge is 0.311 e. The summed E-state index contributed by atoms with van der Waals surface area (Å²) < 4.78 is 4.95. The molecule has 3 atom stereocenters. The standard InChI is InChI=1S/C21H20N2O4/c1-27-19(25)16-12-21(15-10-6-3-7-11-15)20(26)23(17(16)18(24)22-21)13-14-8-4-2-5-9-14/h2-11,16-17H,12-13H2,1H3,(H,22,24)/t16-,17+,21-/m0/s1. The van der Waals surface area contributed by atoms with Gasteiger partial charge in [-0.25, -0.2) is 0 Å². The Bertz CT molecular complexity index is 884. The Morgan fingerprint density at radius 3 is 2.37 bits per heavy atom. The number of carbonyl (C=O) groups is 3. The summed E-state index contributed by atoms with van der Waals surface area (Å²) in [7, 11) is 1.31. The van der Waals surface area contributed by atoms with Crippen molar-refractivity contribution >= 4 is 17.8 Å². The number of fused-ring (bicyclic) bond motifs is 3. The molecule has 0 spiro atoms. The van der Waals surface area contributed by atoms with Gasteiger partial charge in [0.15, 0.2) is 0 Å². The van der Waals surface area contributed by atoms with Crippen LogP contribution in [0.25, 0.3) is 0 Å². The maximum Gasteiger partial charge on any atom is 0.311 e. The topological polar surface area (TPSA) is 75.7 Å². The van der Waals surface area contributed by atoms with E-state index >= 15 is 0 Å². The zero-order valence-electron chi connectivity index (χ0n) is 14.9. The third-order valence-electron chi connectivity index (χ3n) is 5.44. The third-order valence-corrected chi connectivity index (χ3v) is 5.44. The minimum absolute atomic E-state index is 0.192. The van der Waals surface area contributed by atoms with E-state index in [0.29, 0.717) is 5.56 Å². The van der Waals surface area contributed by atoms with Gasteiger partial charge in [0, 0.05) is 6.54 Å². The number of rotatable bonds is 4. The van der Waals surface area contributed by atoms with E-state index in [-0.39, 0.29) is 24.8 Å². The van der Waals surface area contributed by atoms with Crippen LogP contribution in [-0.2, 0) is 31.2 Å². The van der Waals surface area contributed by atoms with Crippen LogP contribution in [0, 0.1) is 5.92 Å². The zero-order chi connectivity index (χ0) is 19.0. The van der Waals surface area contributed by atoms with Gasteiger partial charge >= 0.3 is 5.97 Å².